The van der Waals surface area contributed by atoms with Crippen LogP contribution in [0.1, 0.15) is 38.4 Å². The van der Waals surface area contributed by atoms with E-state index in [0.717, 1.165) is 25.1 Å². The predicted octanol–water partition coefficient (Wildman–Crippen LogP) is 3.31. The fourth-order valence-corrected chi connectivity index (χ4v) is 2.82. The van der Waals surface area contributed by atoms with Gasteiger partial charge in [-0.15, -0.1) is 0 Å². The van der Waals surface area contributed by atoms with Gasteiger partial charge in [-0.3, -0.25) is 4.68 Å². The number of nitrogens with one attached hydrogen (secondary N) is 1. The molecule has 0 amide bonds. The maximum absolute atomic E-state index is 4.58. The van der Waals surface area contributed by atoms with E-state index in [4.69, 9.17) is 0 Å². The van der Waals surface area contributed by atoms with Crippen molar-refractivity contribution >= 4 is 0 Å². The molecule has 21 heavy (non-hydrogen) atoms. The Balaban J connectivity index is 2.31. The van der Waals surface area contributed by atoms with Crippen molar-refractivity contribution in [3.05, 3.63) is 53.9 Å². The highest BCUT2D eigenvalue weighted by molar-refractivity contribution is 5.28. The van der Waals surface area contributed by atoms with Crippen LogP contribution in [0.15, 0.2) is 42.6 Å². The molecule has 0 aliphatic rings. The molecule has 2 rings (SSSR count). The zero-order chi connectivity index (χ0) is 15.3. The summed E-state index contributed by atoms with van der Waals surface area (Å²) in [6.07, 6.45) is 4.08. The second-order valence-electron chi connectivity index (χ2n) is 6.19. The van der Waals surface area contributed by atoms with E-state index >= 15 is 0 Å². The number of aryl methyl sites for hydroxylation is 1. The molecular formula is C18H27N3. The van der Waals surface area contributed by atoms with Crippen molar-refractivity contribution in [3.63, 3.8) is 0 Å². The van der Waals surface area contributed by atoms with Crippen LogP contribution in [-0.2, 0) is 18.9 Å². The van der Waals surface area contributed by atoms with Crippen LogP contribution in [0, 0.1) is 0 Å². The Hall–Kier alpha value is -1.61. The summed E-state index contributed by atoms with van der Waals surface area (Å²) in [4.78, 5) is 0. The Morgan fingerprint density at radius 2 is 1.90 bits per heavy atom. The molecule has 1 heterocycles. The van der Waals surface area contributed by atoms with Gasteiger partial charge >= 0.3 is 0 Å². The van der Waals surface area contributed by atoms with Gasteiger partial charge < -0.3 is 5.32 Å². The lowest BCUT2D eigenvalue weighted by atomic mass is 9.74. The third-order valence-corrected chi connectivity index (χ3v) is 4.20. The van der Waals surface area contributed by atoms with E-state index in [2.05, 4.69) is 67.6 Å². The maximum Gasteiger partial charge on any atom is 0.0633 e. The zero-order valence-electron chi connectivity index (χ0n) is 13.6. The number of hydrogen-bond acceptors (Lipinski definition) is 2. The molecule has 3 nitrogen and oxygen atoms in total. The summed E-state index contributed by atoms with van der Waals surface area (Å²) in [5.74, 6) is 0. The van der Waals surface area contributed by atoms with Crippen molar-refractivity contribution in [1.82, 2.24) is 15.1 Å². The third kappa shape index (κ3) is 3.94. The van der Waals surface area contributed by atoms with Crippen LogP contribution in [0.5, 0.6) is 0 Å². The number of aromatic nitrogens is 2. The van der Waals surface area contributed by atoms with Gasteiger partial charge in [0.2, 0.25) is 0 Å². The maximum atomic E-state index is 4.58. The molecule has 0 spiro atoms. The van der Waals surface area contributed by atoms with E-state index in [1.54, 1.807) is 0 Å². The molecule has 0 saturated carbocycles. The van der Waals surface area contributed by atoms with Crippen molar-refractivity contribution in [2.24, 2.45) is 7.05 Å². The fourth-order valence-electron chi connectivity index (χ4n) is 2.82. The first-order chi connectivity index (χ1) is 10.1. The van der Waals surface area contributed by atoms with Crippen LogP contribution in [0.2, 0.25) is 0 Å². The van der Waals surface area contributed by atoms with Gasteiger partial charge in [-0.25, -0.2) is 0 Å². The molecular weight excluding hydrogens is 258 g/mol. The molecule has 0 fully saturated rings. The molecule has 0 saturated heterocycles. The number of benzene rings is 1. The lowest BCUT2D eigenvalue weighted by Gasteiger charge is -2.34. The zero-order valence-corrected chi connectivity index (χ0v) is 13.6. The average molecular weight is 285 g/mol. The van der Waals surface area contributed by atoms with Gasteiger partial charge in [-0.2, -0.15) is 5.10 Å². The standard InChI is InChI=1S/C18H27N3/c1-5-18(14-19-15(2)3,16-9-7-6-8-10-16)13-17-11-12-21(4)20-17/h6-12,15,19H,5,13-14H2,1-4H3. The molecule has 1 unspecified atom stereocenters. The molecule has 0 aliphatic heterocycles. The van der Waals surface area contributed by atoms with Gasteiger partial charge in [0.25, 0.3) is 0 Å². The lowest BCUT2D eigenvalue weighted by Crippen LogP contribution is -2.42. The summed E-state index contributed by atoms with van der Waals surface area (Å²) in [6, 6.07) is 13.5. The molecule has 0 bridgehead atoms. The largest absolute Gasteiger partial charge is 0.314 e. The van der Waals surface area contributed by atoms with Crippen molar-refractivity contribution in [2.75, 3.05) is 6.54 Å². The Labute approximate surface area is 128 Å². The first-order valence-corrected chi connectivity index (χ1v) is 7.83. The minimum absolute atomic E-state index is 0.0971. The van der Waals surface area contributed by atoms with E-state index in [1.165, 1.54) is 5.56 Å². The lowest BCUT2D eigenvalue weighted by molar-refractivity contribution is 0.359. The van der Waals surface area contributed by atoms with Crippen LogP contribution in [-0.4, -0.2) is 22.4 Å². The topological polar surface area (TPSA) is 29.9 Å². The number of rotatable bonds is 7. The quantitative estimate of drug-likeness (QED) is 0.846. The molecule has 2 aromatic rings. The summed E-state index contributed by atoms with van der Waals surface area (Å²) in [6.45, 7) is 7.65. The Kier molecular flexibility index (Phi) is 5.18. The van der Waals surface area contributed by atoms with Crippen LogP contribution in [0.4, 0.5) is 0 Å². The van der Waals surface area contributed by atoms with Gasteiger partial charge in [0.15, 0.2) is 0 Å². The van der Waals surface area contributed by atoms with Gasteiger partial charge in [0.05, 0.1) is 5.69 Å². The van der Waals surface area contributed by atoms with Crippen molar-refractivity contribution in [2.45, 2.75) is 45.1 Å². The van der Waals surface area contributed by atoms with Gasteiger partial charge in [-0.1, -0.05) is 51.1 Å². The SMILES string of the molecule is CCC(CNC(C)C)(Cc1ccn(C)n1)c1ccccc1. The second-order valence-corrected chi connectivity index (χ2v) is 6.19. The van der Waals surface area contributed by atoms with Gasteiger partial charge in [0, 0.05) is 37.7 Å². The average Bonchev–Trinajstić information content (AvgIpc) is 2.89. The second kappa shape index (κ2) is 6.90. The minimum Gasteiger partial charge on any atom is -0.314 e. The van der Waals surface area contributed by atoms with Gasteiger partial charge in [-0.05, 0) is 18.1 Å². The van der Waals surface area contributed by atoms with E-state index < -0.39 is 0 Å². The highest BCUT2D eigenvalue weighted by atomic mass is 15.2. The van der Waals surface area contributed by atoms with Crippen molar-refractivity contribution < 1.29 is 0 Å². The molecule has 0 aliphatic carbocycles. The van der Waals surface area contributed by atoms with E-state index in [-0.39, 0.29) is 5.41 Å². The molecule has 1 atom stereocenters. The third-order valence-electron chi connectivity index (χ3n) is 4.20. The summed E-state index contributed by atoms with van der Waals surface area (Å²) < 4.78 is 1.89. The van der Waals surface area contributed by atoms with E-state index in [1.807, 2.05) is 17.9 Å². The molecule has 114 valence electrons. The monoisotopic (exact) mass is 285 g/mol. The van der Waals surface area contributed by atoms with Crippen LogP contribution in [0.25, 0.3) is 0 Å². The first kappa shape index (κ1) is 15.8. The number of hydrogen-bond donors (Lipinski definition) is 1. The van der Waals surface area contributed by atoms with Crippen LogP contribution < -0.4 is 5.32 Å². The molecule has 1 aromatic heterocycles. The number of nitrogens with zero attached hydrogens (tertiary/aromatic N) is 2. The first-order valence-electron chi connectivity index (χ1n) is 7.83. The van der Waals surface area contributed by atoms with Crippen LogP contribution in [0.3, 0.4) is 0 Å². The Morgan fingerprint density at radius 3 is 2.43 bits per heavy atom. The Bertz CT molecular complexity index is 545. The van der Waals surface area contributed by atoms with Crippen molar-refractivity contribution in [3.8, 4) is 0 Å². The van der Waals surface area contributed by atoms with Crippen LogP contribution >= 0.6 is 0 Å². The summed E-state index contributed by atoms with van der Waals surface area (Å²) in [5.41, 5.74) is 2.65. The smallest absolute Gasteiger partial charge is 0.0633 e. The molecule has 1 N–H and O–H groups in total. The highest BCUT2D eigenvalue weighted by Crippen LogP contribution is 2.31. The molecule has 1 aromatic carbocycles. The summed E-state index contributed by atoms with van der Waals surface area (Å²) in [5, 5.41) is 8.21. The molecule has 0 radical (unpaired) electrons. The summed E-state index contributed by atoms with van der Waals surface area (Å²) in [7, 11) is 1.98. The minimum atomic E-state index is 0.0971. The molecule has 3 heteroatoms. The fraction of sp³-hybridized carbons (Fsp3) is 0.500. The highest BCUT2D eigenvalue weighted by Gasteiger charge is 2.31. The summed E-state index contributed by atoms with van der Waals surface area (Å²) >= 11 is 0. The van der Waals surface area contributed by atoms with E-state index in [9.17, 15) is 0 Å². The van der Waals surface area contributed by atoms with E-state index in [0.29, 0.717) is 6.04 Å². The predicted molar refractivity (Wildman–Crippen MR) is 88.5 cm³/mol. The Morgan fingerprint density at radius 1 is 1.19 bits per heavy atom. The van der Waals surface area contributed by atoms with Crippen molar-refractivity contribution in [1.29, 1.82) is 0 Å². The normalized spacial score (nSPS) is 14.3. The van der Waals surface area contributed by atoms with Gasteiger partial charge in [0.1, 0.15) is 0 Å².